The van der Waals surface area contributed by atoms with Crippen molar-refractivity contribution in [1.29, 1.82) is 0 Å². The molecule has 0 spiro atoms. The topological polar surface area (TPSA) is 17.8 Å². The largest absolute Gasteiger partial charge is 0.295 e. The molecule has 0 saturated carbocycles. The van der Waals surface area contributed by atoms with Crippen molar-refractivity contribution in [3.63, 3.8) is 0 Å². The zero-order chi connectivity index (χ0) is 14.3. The highest BCUT2D eigenvalue weighted by molar-refractivity contribution is 9.10. The Morgan fingerprint density at radius 2 is 1.95 bits per heavy atom. The molecule has 1 aromatic heterocycles. The number of benzene rings is 2. The highest BCUT2D eigenvalue weighted by Gasteiger charge is 2.14. The maximum Gasteiger partial charge on any atom is 0.129 e. The van der Waals surface area contributed by atoms with E-state index in [0.717, 1.165) is 27.0 Å². The van der Waals surface area contributed by atoms with Gasteiger partial charge in [-0.2, -0.15) is 0 Å². The summed E-state index contributed by atoms with van der Waals surface area (Å²) >= 11 is 9.61. The Balaban J connectivity index is 2.39. The minimum atomic E-state index is 0.392. The minimum Gasteiger partial charge on any atom is -0.295 e. The molecule has 102 valence electrons. The van der Waals surface area contributed by atoms with Gasteiger partial charge in [0.2, 0.25) is 0 Å². The van der Waals surface area contributed by atoms with E-state index in [4.69, 9.17) is 11.6 Å². The normalized spacial score (nSPS) is 11.2. The van der Waals surface area contributed by atoms with Crippen LogP contribution in [0.15, 0.2) is 40.9 Å². The van der Waals surface area contributed by atoms with Gasteiger partial charge in [0.25, 0.3) is 0 Å². The van der Waals surface area contributed by atoms with E-state index in [-0.39, 0.29) is 0 Å². The quantitative estimate of drug-likeness (QED) is 0.585. The maximum absolute atomic E-state index is 6.10. The molecular formula is C16H14BrClN2. The Labute approximate surface area is 131 Å². The summed E-state index contributed by atoms with van der Waals surface area (Å²) in [4.78, 5) is 4.65. The summed E-state index contributed by atoms with van der Waals surface area (Å²) < 4.78 is 3.24. The fourth-order valence-electron chi connectivity index (χ4n) is 2.56. The first kappa shape index (κ1) is 13.7. The molecule has 1 heterocycles. The fourth-order valence-corrected chi connectivity index (χ4v) is 3.22. The molecule has 0 unspecified atom stereocenters. The van der Waals surface area contributed by atoms with E-state index in [0.29, 0.717) is 5.88 Å². The smallest absolute Gasteiger partial charge is 0.129 e. The summed E-state index contributed by atoms with van der Waals surface area (Å²) in [5.41, 5.74) is 5.64. The second-order valence-corrected chi connectivity index (χ2v) is 6.05. The highest BCUT2D eigenvalue weighted by Crippen LogP contribution is 2.28. The Bertz CT molecular complexity index is 793. The molecule has 3 rings (SSSR count). The molecule has 2 aromatic carbocycles. The van der Waals surface area contributed by atoms with Crippen LogP contribution in [-0.4, -0.2) is 9.55 Å². The van der Waals surface area contributed by atoms with Crippen LogP contribution in [0.25, 0.3) is 16.7 Å². The summed E-state index contributed by atoms with van der Waals surface area (Å²) in [7, 11) is 0. The van der Waals surface area contributed by atoms with Crippen LogP contribution in [0.5, 0.6) is 0 Å². The molecule has 0 aliphatic carbocycles. The van der Waals surface area contributed by atoms with Crippen LogP contribution in [0.3, 0.4) is 0 Å². The number of para-hydroxylation sites is 1. The molecule has 0 aliphatic rings. The van der Waals surface area contributed by atoms with E-state index in [9.17, 15) is 0 Å². The zero-order valence-electron chi connectivity index (χ0n) is 11.3. The summed E-state index contributed by atoms with van der Waals surface area (Å²) in [6.45, 7) is 4.20. The lowest BCUT2D eigenvalue weighted by atomic mass is 10.1. The number of nitrogens with zero attached hydrogens (tertiary/aromatic N) is 2. The molecule has 0 atom stereocenters. The second kappa shape index (κ2) is 5.23. The van der Waals surface area contributed by atoms with Gasteiger partial charge in [-0.15, -0.1) is 11.6 Å². The fraction of sp³-hybridized carbons (Fsp3) is 0.188. The predicted octanol–water partition coefficient (Wildman–Crippen LogP) is 5.14. The van der Waals surface area contributed by atoms with Crippen molar-refractivity contribution in [3.8, 4) is 5.69 Å². The monoisotopic (exact) mass is 348 g/mol. The molecule has 4 heteroatoms. The molecular weight excluding hydrogens is 336 g/mol. The first-order valence-corrected chi connectivity index (χ1v) is 7.74. The average molecular weight is 350 g/mol. The molecule has 0 saturated heterocycles. The van der Waals surface area contributed by atoms with Crippen molar-refractivity contribution in [1.82, 2.24) is 9.55 Å². The Morgan fingerprint density at radius 1 is 1.15 bits per heavy atom. The molecule has 0 amide bonds. The number of aromatic nitrogens is 2. The molecule has 0 bridgehead atoms. The van der Waals surface area contributed by atoms with Gasteiger partial charge in [-0.1, -0.05) is 28.1 Å². The van der Waals surface area contributed by atoms with Crippen LogP contribution in [0.4, 0.5) is 0 Å². The number of hydrogen-bond donors (Lipinski definition) is 0. The summed E-state index contributed by atoms with van der Waals surface area (Å²) in [5.74, 6) is 1.27. The van der Waals surface area contributed by atoms with Gasteiger partial charge < -0.3 is 0 Å². The molecule has 0 fully saturated rings. The van der Waals surface area contributed by atoms with Gasteiger partial charge in [-0.05, 0) is 49.2 Å². The van der Waals surface area contributed by atoms with Gasteiger partial charge in [0.05, 0.1) is 22.6 Å². The third kappa shape index (κ3) is 2.15. The van der Waals surface area contributed by atoms with Crippen molar-refractivity contribution >= 4 is 38.6 Å². The van der Waals surface area contributed by atoms with Gasteiger partial charge >= 0.3 is 0 Å². The Kier molecular flexibility index (Phi) is 3.57. The molecule has 0 N–H and O–H groups in total. The third-order valence-corrected chi connectivity index (χ3v) is 4.20. The van der Waals surface area contributed by atoms with Gasteiger partial charge in [-0.3, -0.25) is 4.57 Å². The van der Waals surface area contributed by atoms with Crippen LogP contribution < -0.4 is 0 Å². The number of fused-ring (bicyclic) bond motifs is 1. The van der Waals surface area contributed by atoms with Crippen molar-refractivity contribution in [2.24, 2.45) is 0 Å². The van der Waals surface area contributed by atoms with E-state index in [1.807, 2.05) is 18.2 Å². The maximum atomic E-state index is 6.10. The number of halogens is 2. The first-order valence-electron chi connectivity index (χ1n) is 6.41. The molecule has 3 aromatic rings. The Hall–Kier alpha value is -1.32. The SMILES string of the molecule is Cc1cc(Br)ccc1-n1c(CCl)nc2cccc(C)c21. The van der Waals surface area contributed by atoms with E-state index < -0.39 is 0 Å². The first-order chi connectivity index (χ1) is 9.61. The lowest BCUT2D eigenvalue weighted by molar-refractivity contribution is 0.969. The number of hydrogen-bond acceptors (Lipinski definition) is 1. The lowest BCUT2D eigenvalue weighted by Gasteiger charge is -2.12. The van der Waals surface area contributed by atoms with Crippen LogP contribution in [0.2, 0.25) is 0 Å². The standard InChI is InChI=1S/C16H14BrClN2/c1-10-4-3-5-13-16(10)20(15(9-18)19-13)14-7-6-12(17)8-11(14)2/h3-8H,9H2,1-2H3. The Morgan fingerprint density at radius 3 is 2.65 bits per heavy atom. The zero-order valence-corrected chi connectivity index (χ0v) is 13.7. The molecule has 0 radical (unpaired) electrons. The summed E-state index contributed by atoms with van der Waals surface area (Å²) in [6.07, 6.45) is 0. The summed E-state index contributed by atoms with van der Waals surface area (Å²) in [5, 5.41) is 0. The van der Waals surface area contributed by atoms with E-state index in [1.54, 1.807) is 0 Å². The number of aryl methyl sites for hydroxylation is 2. The highest BCUT2D eigenvalue weighted by atomic mass is 79.9. The van der Waals surface area contributed by atoms with Gasteiger partial charge in [0.1, 0.15) is 5.82 Å². The van der Waals surface area contributed by atoms with Gasteiger partial charge in [0, 0.05) is 4.47 Å². The lowest BCUT2D eigenvalue weighted by Crippen LogP contribution is -2.02. The van der Waals surface area contributed by atoms with E-state index in [1.165, 1.54) is 11.1 Å². The average Bonchev–Trinajstić information content (AvgIpc) is 2.79. The summed E-state index contributed by atoms with van der Waals surface area (Å²) in [6, 6.07) is 12.4. The van der Waals surface area contributed by atoms with E-state index >= 15 is 0 Å². The second-order valence-electron chi connectivity index (χ2n) is 4.87. The molecule has 2 nitrogen and oxygen atoms in total. The van der Waals surface area contributed by atoms with Gasteiger partial charge in [-0.25, -0.2) is 4.98 Å². The van der Waals surface area contributed by atoms with Crippen molar-refractivity contribution in [2.45, 2.75) is 19.7 Å². The molecule has 0 aliphatic heterocycles. The number of rotatable bonds is 2. The van der Waals surface area contributed by atoms with Crippen LogP contribution >= 0.6 is 27.5 Å². The number of imidazole rings is 1. The van der Waals surface area contributed by atoms with Crippen molar-refractivity contribution in [2.75, 3.05) is 0 Å². The molecule has 20 heavy (non-hydrogen) atoms. The van der Waals surface area contributed by atoms with Gasteiger partial charge in [0.15, 0.2) is 0 Å². The number of alkyl halides is 1. The van der Waals surface area contributed by atoms with Crippen LogP contribution in [0, 0.1) is 13.8 Å². The predicted molar refractivity (Wildman–Crippen MR) is 87.8 cm³/mol. The van der Waals surface area contributed by atoms with Crippen LogP contribution in [0.1, 0.15) is 17.0 Å². The van der Waals surface area contributed by atoms with E-state index in [2.05, 4.69) is 57.5 Å². The van der Waals surface area contributed by atoms with Crippen LogP contribution in [-0.2, 0) is 5.88 Å². The minimum absolute atomic E-state index is 0.392. The van der Waals surface area contributed by atoms with Crippen molar-refractivity contribution in [3.05, 3.63) is 57.8 Å². The van der Waals surface area contributed by atoms with Crippen molar-refractivity contribution < 1.29 is 0 Å². The third-order valence-electron chi connectivity index (χ3n) is 3.47.